The maximum atomic E-state index is 12.8. The average molecular weight is 777 g/mol. The molecule has 14 atom stereocenters. The maximum absolute atomic E-state index is 12.8. The summed E-state index contributed by atoms with van der Waals surface area (Å²) in [6.07, 6.45) is 7.81. The molecule has 1 spiro atoms. The Morgan fingerprint density at radius 1 is 1.09 bits per heavy atom. The second-order valence-electron chi connectivity index (χ2n) is 18.2. The fraction of sp³-hybridized carbons (Fsp3) is 0.767. The summed E-state index contributed by atoms with van der Waals surface area (Å²) in [4.78, 5) is 22.6. The molecule has 13 nitrogen and oxygen atoms in total. The molecule has 1 aromatic rings. The number of ether oxygens (including phenoxy) is 2. The summed E-state index contributed by atoms with van der Waals surface area (Å²) in [5, 5.41) is 51.6. The van der Waals surface area contributed by atoms with E-state index in [1.54, 1.807) is 6.07 Å². The molecule has 7 heterocycles. The number of aromatic hydroxyl groups is 1. The van der Waals surface area contributed by atoms with Crippen LogP contribution in [0.15, 0.2) is 17.1 Å². The molecule has 4 saturated heterocycles. The number of nitrogens with two attached hydrogens (primary N) is 1. The maximum Gasteiger partial charge on any atom is 0.302 e. The van der Waals surface area contributed by atoms with Gasteiger partial charge in [0.25, 0.3) is 0 Å². The molecule has 0 saturated carbocycles. The van der Waals surface area contributed by atoms with Gasteiger partial charge in [0.15, 0.2) is 17.5 Å². The number of piperidine rings is 4. The standard InChI is InChI=1S/C43H64N6O7/c1-26(52)55-40-18-34(53)8-11-43(24-46-42(44)47-25-48-19-29-13-30(20-48)38(23-51)49-21-32(43)5-6-37(29)49)10-7-27-3-2-4-33-17-35(9-12-45-33)56-41-16-28(14-36(27)40)31(22-50)15-39(41)54/h15-16,27,29-30,32-38,40,45,50-51,53-54H,2-6,8-9,11-14,17-25H2,1H3,(H3,44,46,47)/t27-,29+,30-,32+,33+,34+,35+,36+,37-,38-,40+,43+/m1/s1. The highest BCUT2D eigenvalue weighted by molar-refractivity contribution is 5.77. The summed E-state index contributed by atoms with van der Waals surface area (Å²) in [6, 6.07) is 4.20. The van der Waals surface area contributed by atoms with Gasteiger partial charge in [0.2, 0.25) is 0 Å². The number of aliphatic hydroxyl groups excluding tert-OH is 3. The Labute approximate surface area is 331 Å². The molecular weight excluding hydrogens is 713 g/mol. The molecular formula is C43H64N6O7. The Hall–Kier alpha value is -3.12. The molecule has 8 aliphatic rings. The second-order valence-corrected chi connectivity index (χ2v) is 18.2. The fourth-order valence-corrected chi connectivity index (χ4v) is 11.9. The van der Waals surface area contributed by atoms with Crippen molar-refractivity contribution in [3.63, 3.8) is 0 Å². The summed E-state index contributed by atoms with van der Waals surface area (Å²) in [6.45, 7) is 5.85. The molecule has 0 radical (unpaired) electrons. The third-order valence-corrected chi connectivity index (χ3v) is 14.7. The molecule has 1 aromatic carbocycles. The van der Waals surface area contributed by atoms with E-state index in [0.717, 1.165) is 83.1 Å². The predicted molar refractivity (Wildman–Crippen MR) is 211 cm³/mol. The lowest BCUT2D eigenvalue weighted by Gasteiger charge is -2.58. The first kappa shape index (κ1) is 39.7. The van der Waals surface area contributed by atoms with E-state index in [-0.39, 0.29) is 61.3 Å². The van der Waals surface area contributed by atoms with Crippen LogP contribution in [-0.4, -0.2) is 125 Å². The Bertz CT molecular complexity index is 1650. The van der Waals surface area contributed by atoms with Crippen LogP contribution in [0, 0.1) is 46.8 Å². The lowest BCUT2D eigenvalue weighted by atomic mass is 9.63. The Morgan fingerprint density at radius 3 is 2.77 bits per heavy atom. The largest absolute Gasteiger partial charge is 0.504 e. The first-order valence-electron chi connectivity index (χ1n) is 21.5. The van der Waals surface area contributed by atoms with Crippen molar-refractivity contribution in [1.82, 2.24) is 20.4 Å². The second kappa shape index (κ2) is 17.0. The molecule has 9 rings (SSSR count). The first-order valence-corrected chi connectivity index (χ1v) is 21.5. The van der Waals surface area contributed by atoms with Crippen molar-refractivity contribution in [3.05, 3.63) is 23.3 Å². The molecule has 0 amide bonds. The monoisotopic (exact) mass is 776 g/mol. The van der Waals surface area contributed by atoms with Crippen LogP contribution in [0.1, 0.15) is 88.7 Å². The van der Waals surface area contributed by atoms with Crippen LogP contribution in [0.4, 0.5) is 0 Å². The summed E-state index contributed by atoms with van der Waals surface area (Å²) >= 11 is 0. The minimum absolute atomic E-state index is 0.0000439. The van der Waals surface area contributed by atoms with Crippen molar-refractivity contribution in [2.24, 2.45) is 45.7 Å². The Balaban J connectivity index is 1.23. The van der Waals surface area contributed by atoms with Crippen molar-refractivity contribution in [2.75, 3.05) is 46.0 Å². The quantitative estimate of drug-likeness (QED) is 0.176. The van der Waals surface area contributed by atoms with Crippen LogP contribution < -0.4 is 21.1 Å². The number of phenolic OH excluding ortho intramolecular Hbond substituents is 1. The topological polar surface area (TPSA) is 185 Å². The number of phenols is 1. The molecule has 308 valence electrons. The number of esters is 1. The number of nitrogens with one attached hydrogen (secondary N) is 2. The number of aliphatic hydroxyl groups is 3. The van der Waals surface area contributed by atoms with E-state index >= 15 is 0 Å². The van der Waals surface area contributed by atoms with Gasteiger partial charge in [-0.3, -0.25) is 14.6 Å². The Kier molecular flexibility index (Phi) is 12.1. The van der Waals surface area contributed by atoms with Gasteiger partial charge in [0.05, 0.1) is 31.4 Å². The number of benzene rings is 1. The summed E-state index contributed by atoms with van der Waals surface area (Å²) < 4.78 is 12.6. The van der Waals surface area contributed by atoms with Gasteiger partial charge in [-0.1, -0.05) is 18.3 Å². The molecule has 4 fully saturated rings. The van der Waals surface area contributed by atoms with E-state index in [4.69, 9.17) is 20.2 Å². The van der Waals surface area contributed by atoms with Crippen LogP contribution in [0.25, 0.3) is 0 Å². The van der Waals surface area contributed by atoms with Gasteiger partial charge in [0, 0.05) is 69.5 Å². The minimum atomic E-state index is -0.752. The lowest BCUT2D eigenvalue weighted by molar-refractivity contribution is -0.152. The smallest absolute Gasteiger partial charge is 0.302 e. The number of hydrogen-bond donors (Lipinski definition) is 7. The van der Waals surface area contributed by atoms with Crippen molar-refractivity contribution >= 4 is 11.9 Å². The zero-order valence-corrected chi connectivity index (χ0v) is 33.1. The third kappa shape index (κ3) is 8.38. The van der Waals surface area contributed by atoms with Crippen LogP contribution in [0.2, 0.25) is 0 Å². The molecule has 0 aromatic heterocycles. The number of aliphatic imine (C=N–C) groups is 1. The summed E-state index contributed by atoms with van der Waals surface area (Å²) in [5.41, 5.74) is 7.47. The van der Waals surface area contributed by atoms with Gasteiger partial charge in [-0.25, -0.2) is 4.99 Å². The lowest BCUT2D eigenvalue weighted by Crippen LogP contribution is -2.66. The van der Waals surface area contributed by atoms with E-state index in [9.17, 15) is 25.2 Å². The number of hydrogen-bond acceptors (Lipinski definition) is 13. The number of rotatable bonds is 3. The van der Waals surface area contributed by atoms with E-state index in [2.05, 4.69) is 32.3 Å². The van der Waals surface area contributed by atoms with Crippen LogP contribution >= 0.6 is 0 Å². The first-order chi connectivity index (χ1) is 27.1. The van der Waals surface area contributed by atoms with E-state index < -0.39 is 23.6 Å². The zero-order valence-electron chi connectivity index (χ0n) is 33.1. The van der Waals surface area contributed by atoms with Crippen molar-refractivity contribution in [3.8, 4) is 23.3 Å². The molecule has 7 aliphatic heterocycles. The molecule has 8 N–H and O–H groups in total. The van der Waals surface area contributed by atoms with E-state index in [1.165, 1.54) is 6.92 Å². The molecule has 13 heteroatoms. The molecule has 10 bridgehead atoms. The highest BCUT2D eigenvalue weighted by Gasteiger charge is 2.52. The van der Waals surface area contributed by atoms with Gasteiger partial charge in [0.1, 0.15) is 12.2 Å². The highest BCUT2D eigenvalue weighted by atomic mass is 16.5. The Morgan fingerprint density at radius 2 is 1.95 bits per heavy atom. The zero-order chi connectivity index (χ0) is 39.0. The van der Waals surface area contributed by atoms with Gasteiger partial charge in [-0.05, 0) is 112 Å². The molecule has 2 unspecified atom stereocenters. The van der Waals surface area contributed by atoms with Gasteiger partial charge < -0.3 is 46.3 Å². The van der Waals surface area contributed by atoms with E-state index in [0.29, 0.717) is 67.6 Å². The van der Waals surface area contributed by atoms with Gasteiger partial charge >= 0.3 is 5.97 Å². The van der Waals surface area contributed by atoms with Crippen molar-refractivity contribution < 1.29 is 34.7 Å². The van der Waals surface area contributed by atoms with Crippen LogP contribution in [0.5, 0.6) is 11.5 Å². The highest BCUT2D eigenvalue weighted by Crippen LogP contribution is 2.48. The average Bonchev–Trinajstić information content (AvgIpc) is 3.19. The number of guanidine groups is 1. The van der Waals surface area contributed by atoms with Crippen LogP contribution in [-0.2, 0) is 22.6 Å². The van der Waals surface area contributed by atoms with Gasteiger partial charge in [-0.2, -0.15) is 0 Å². The molecule has 56 heavy (non-hydrogen) atoms. The van der Waals surface area contributed by atoms with Gasteiger partial charge in [-0.15, -0.1) is 0 Å². The fourth-order valence-electron chi connectivity index (χ4n) is 11.9. The SMILES string of the molecule is CC(=O)O[C@H]1C[C@@H](O)CC[C@@]2(C#C[C@H]3CCC[C@H]4C[C@H](CCN4)Oc4cc(c(CO)cc4O)C[C@H]13)CNC(N)=NCN1C[C@H]3C[C@@H](C1)[C@H]1CC[C@H]2CN1[C@@H]3CO. The van der Waals surface area contributed by atoms with Crippen molar-refractivity contribution in [1.29, 1.82) is 0 Å². The number of fused-ring (bicyclic) bond motifs is 9. The van der Waals surface area contributed by atoms with E-state index in [1.807, 2.05) is 6.07 Å². The molecule has 1 aliphatic carbocycles. The normalized spacial score (nSPS) is 41.2. The number of carbonyl (C=O) groups is 1. The summed E-state index contributed by atoms with van der Waals surface area (Å²) in [7, 11) is 0. The minimum Gasteiger partial charge on any atom is -0.504 e. The number of nitrogens with zero attached hydrogens (tertiary/aromatic N) is 3. The predicted octanol–water partition coefficient (Wildman–Crippen LogP) is 2.08. The van der Waals surface area contributed by atoms with Crippen molar-refractivity contribution in [2.45, 2.75) is 127 Å². The third-order valence-electron chi connectivity index (χ3n) is 14.7. The summed E-state index contributed by atoms with van der Waals surface area (Å²) in [5.74, 6) is 8.78. The number of carbonyl (C=O) groups excluding carboxylic acids is 1. The van der Waals surface area contributed by atoms with Crippen LogP contribution in [0.3, 0.4) is 0 Å².